The molecule has 0 saturated carbocycles. The largest absolute Gasteiger partial charge is 0.330 e. The Morgan fingerprint density at radius 2 is 2.13 bits per heavy atom. The molecule has 1 aliphatic rings. The average Bonchev–Trinajstić information content (AvgIpc) is 2.61. The summed E-state index contributed by atoms with van der Waals surface area (Å²) in [6.45, 7) is 1.23. The van der Waals surface area contributed by atoms with Gasteiger partial charge in [-0.05, 0) is 18.1 Å². The first-order chi connectivity index (χ1) is 6.83. The number of carbonyl (C=O) groups is 1. The molecular weight excluding hydrogens is 212 g/mol. The molecule has 0 radical (unpaired) electrons. The fourth-order valence-corrected chi connectivity index (χ4v) is 1.86. The zero-order chi connectivity index (χ0) is 9.97. The molecule has 15 heavy (non-hydrogen) atoms. The number of anilines is 1. The van der Waals surface area contributed by atoms with E-state index in [1.165, 1.54) is 5.56 Å². The van der Waals surface area contributed by atoms with Gasteiger partial charge < -0.3 is 10.6 Å². The highest BCUT2D eigenvalue weighted by atomic mass is 35.5. The predicted molar refractivity (Wildman–Crippen MR) is 63.4 cm³/mol. The molecule has 0 bridgehead atoms. The molecule has 1 aromatic rings. The molecule has 2 N–H and O–H groups in total. The number of nitrogens with two attached hydrogens (primary N) is 1. The van der Waals surface area contributed by atoms with E-state index in [1.807, 2.05) is 23.1 Å². The molecule has 3 nitrogen and oxygen atoms in total. The summed E-state index contributed by atoms with van der Waals surface area (Å²) in [6, 6.07) is 8.05. The van der Waals surface area contributed by atoms with E-state index in [9.17, 15) is 4.79 Å². The number of hydrogen-bond donors (Lipinski definition) is 1. The second-order valence-corrected chi connectivity index (χ2v) is 3.46. The van der Waals surface area contributed by atoms with Gasteiger partial charge in [-0.15, -0.1) is 12.4 Å². The Balaban J connectivity index is 0.00000112. The summed E-state index contributed by atoms with van der Waals surface area (Å²) < 4.78 is 0. The molecule has 4 heteroatoms. The van der Waals surface area contributed by atoms with Gasteiger partial charge in [0, 0.05) is 25.2 Å². The lowest BCUT2D eigenvalue weighted by Gasteiger charge is -2.16. The van der Waals surface area contributed by atoms with E-state index in [1.54, 1.807) is 0 Å². The van der Waals surface area contributed by atoms with Crippen LogP contribution in [0.25, 0.3) is 0 Å². The molecule has 82 valence electrons. The van der Waals surface area contributed by atoms with Crippen LogP contribution in [-0.4, -0.2) is 19.0 Å². The average molecular weight is 227 g/mol. The van der Waals surface area contributed by atoms with Crippen molar-refractivity contribution in [2.24, 2.45) is 5.73 Å². The highest BCUT2D eigenvalue weighted by Crippen LogP contribution is 2.27. The van der Waals surface area contributed by atoms with E-state index in [0.717, 1.165) is 18.7 Å². The van der Waals surface area contributed by atoms with Gasteiger partial charge in [-0.1, -0.05) is 18.2 Å². The lowest BCUT2D eigenvalue weighted by atomic mass is 10.2. The van der Waals surface area contributed by atoms with Crippen LogP contribution in [0.3, 0.4) is 0 Å². The van der Waals surface area contributed by atoms with Crippen molar-refractivity contribution in [3.05, 3.63) is 29.8 Å². The first-order valence-electron chi connectivity index (χ1n) is 4.91. The molecule has 1 aromatic carbocycles. The fourth-order valence-electron chi connectivity index (χ4n) is 1.86. The summed E-state index contributed by atoms with van der Waals surface area (Å²) in [6.07, 6.45) is 1.40. The van der Waals surface area contributed by atoms with Crippen molar-refractivity contribution in [3.8, 4) is 0 Å². The molecule has 2 rings (SSSR count). The van der Waals surface area contributed by atoms with E-state index in [-0.39, 0.29) is 18.3 Å². The van der Waals surface area contributed by atoms with E-state index < -0.39 is 0 Å². The first-order valence-corrected chi connectivity index (χ1v) is 4.91. The Morgan fingerprint density at radius 1 is 1.40 bits per heavy atom. The van der Waals surface area contributed by atoms with Crippen molar-refractivity contribution >= 4 is 24.0 Å². The van der Waals surface area contributed by atoms with E-state index >= 15 is 0 Å². The third-order valence-corrected chi connectivity index (χ3v) is 2.55. The topological polar surface area (TPSA) is 46.3 Å². The maximum atomic E-state index is 11.7. The van der Waals surface area contributed by atoms with Gasteiger partial charge in [-0.25, -0.2) is 0 Å². The minimum absolute atomic E-state index is 0. The fraction of sp³-hybridized carbons (Fsp3) is 0.364. The van der Waals surface area contributed by atoms with Crippen molar-refractivity contribution < 1.29 is 4.79 Å². The number of rotatable bonds is 2. The van der Waals surface area contributed by atoms with Gasteiger partial charge in [-0.2, -0.15) is 0 Å². The van der Waals surface area contributed by atoms with Gasteiger partial charge in [0.25, 0.3) is 0 Å². The smallest absolute Gasteiger partial charge is 0.228 e. The highest BCUT2D eigenvalue weighted by molar-refractivity contribution is 5.95. The Kier molecular flexibility index (Phi) is 4.12. The second kappa shape index (κ2) is 5.14. The third-order valence-electron chi connectivity index (χ3n) is 2.55. The van der Waals surface area contributed by atoms with Crippen LogP contribution in [0.1, 0.15) is 12.0 Å². The molecule has 0 aromatic heterocycles. The summed E-state index contributed by atoms with van der Waals surface area (Å²) >= 11 is 0. The molecular formula is C11H15ClN2O. The first kappa shape index (κ1) is 12.0. The van der Waals surface area contributed by atoms with E-state index in [2.05, 4.69) is 6.07 Å². The van der Waals surface area contributed by atoms with Crippen LogP contribution >= 0.6 is 12.4 Å². The normalized spacial score (nSPS) is 13.3. The number of nitrogens with zero attached hydrogens (tertiary/aromatic N) is 1. The van der Waals surface area contributed by atoms with E-state index in [0.29, 0.717) is 13.0 Å². The number of para-hydroxylation sites is 1. The van der Waals surface area contributed by atoms with Crippen LogP contribution in [-0.2, 0) is 11.2 Å². The summed E-state index contributed by atoms with van der Waals surface area (Å²) in [4.78, 5) is 13.5. The van der Waals surface area contributed by atoms with Gasteiger partial charge >= 0.3 is 0 Å². The zero-order valence-electron chi connectivity index (χ0n) is 8.48. The monoisotopic (exact) mass is 226 g/mol. The molecule has 0 atom stereocenters. The number of hydrogen-bond acceptors (Lipinski definition) is 2. The summed E-state index contributed by atoms with van der Waals surface area (Å²) in [7, 11) is 0. The molecule has 0 fully saturated rings. The highest BCUT2D eigenvalue weighted by Gasteiger charge is 2.22. The molecule has 1 heterocycles. The lowest BCUT2D eigenvalue weighted by Crippen LogP contribution is -2.30. The Hall–Kier alpha value is -1.06. The van der Waals surface area contributed by atoms with Gasteiger partial charge in [-0.3, -0.25) is 4.79 Å². The van der Waals surface area contributed by atoms with Crippen LogP contribution in [0.4, 0.5) is 5.69 Å². The van der Waals surface area contributed by atoms with Gasteiger partial charge in [0.2, 0.25) is 5.91 Å². The zero-order valence-corrected chi connectivity index (χ0v) is 9.30. The van der Waals surface area contributed by atoms with Crippen molar-refractivity contribution in [2.45, 2.75) is 12.8 Å². The molecule has 0 spiro atoms. The van der Waals surface area contributed by atoms with Crippen molar-refractivity contribution in [1.29, 1.82) is 0 Å². The maximum absolute atomic E-state index is 11.7. The number of carbonyl (C=O) groups excluding carboxylic acids is 1. The van der Waals surface area contributed by atoms with E-state index in [4.69, 9.17) is 5.73 Å². The van der Waals surface area contributed by atoms with Crippen LogP contribution in [0.5, 0.6) is 0 Å². The number of benzene rings is 1. The van der Waals surface area contributed by atoms with Crippen LogP contribution < -0.4 is 10.6 Å². The van der Waals surface area contributed by atoms with Gasteiger partial charge in [0.05, 0.1) is 0 Å². The summed E-state index contributed by atoms with van der Waals surface area (Å²) in [5, 5.41) is 0. The van der Waals surface area contributed by atoms with Gasteiger partial charge in [0.1, 0.15) is 0 Å². The number of amides is 1. The molecule has 0 aliphatic carbocycles. The molecule has 0 unspecified atom stereocenters. The molecule has 1 amide bonds. The van der Waals surface area contributed by atoms with Crippen LogP contribution in [0, 0.1) is 0 Å². The standard InChI is InChI=1S/C11H14N2O.ClH/c12-7-5-11(14)13-8-6-9-3-1-2-4-10(9)13;/h1-4H,5-8,12H2;1H. The summed E-state index contributed by atoms with van der Waals surface area (Å²) in [5.74, 6) is 0.137. The maximum Gasteiger partial charge on any atom is 0.228 e. The lowest BCUT2D eigenvalue weighted by molar-refractivity contribution is -0.118. The second-order valence-electron chi connectivity index (χ2n) is 3.46. The Bertz CT molecular complexity index is 354. The van der Waals surface area contributed by atoms with Crippen molar-refractivity contribution in [1.82, 2.24) is 0 Å². The van der Waals surface area contributed by atoms with Crippen LogP contribution in [0.15, 0.2) is 24.3 Å². The molecule has 0 saturated heterocycles. The number of halogens is 1. The van der Waals surface area contributed by atoms with Crippen LogP contribution in [0.2, 0.25) is 0 Å². The predicted octanol–water partition coefficient (Wildman–Crippen LogP) is 1.35. The minimum Gasteiger partial charge on any atom is -0.330 e. The third kappa shape index (κ3) is 2.30. The Labute approximate surface area is 95.7 Å². The van der Waals surface area contributed by atoms with Gasteiger partial charge in [0.15, 0.2) is 0 Å². The van der Waals surface area contributed by atoms with Crippen molar-refractivity contribution in [3.63, 3.8) is 0 Å². The minimum atomic E-state index is 0. The number of fused-ring (bicyclic) bond motifs is 1. The van der Waals surface area contributed by atoms with Crippen molar-refractivity contribution in [2.75, 3.05) is 18.0 Å². The quantitative estimate of drug-likeness (QED) is 0.828. The SMILES string of the molecule is Cl.NCCC(=O)N1CCc2ccccc21. The Morgan fingerprint density at radius 3 is 2.87 bits per heavy atom. The summed E-state index contributed by atoms with van der Waals surface area (Å²) in [5.41, 5.74) is 7.69. The molecule has 1 aliphatic heterocycles.